The molecule has 2 aromatic rings. The van der Waals surface area contributed by atoms with Crippen LogP contribution in [0.15, 0.2) is 59.6 Å². The summed E-state index contributed by atoms with van der Waals surface area (Å²) in [6, 6.07) is 19.7. The summed E-state index contributed by atoms with van der Waals surface area (Å²) in [6.07, 6.45) is 2.51. The van der Waals surface area contributed by atoms with E-state index >= 15 is 0 Å². The van der Waals surface area contributed by atoms with Crippen molar-refractivity contribution in [1.82, 2.24) is 10.2 Å². The van der Waals surface area contributed by atoms with Gasteiger partial charge in [-0.25, -0.2) is 0 Å². The highest BCUT2D eigenvalue weighted by molar-refractivity contribution is 5.81. The molecule has 1 saturated heterocycles. The predicted octanol–water partition coefficient (Wildman–Crippen LogP) is 3.49. The molecule has 0 radical (unpaired) electrons. The third-order valence-electron chi connectivity index (χ3n) is 4.87. The van der Waals surface area contributed by atoms with Gasteiger partial charge in [0.05, 0.1) is 6.54 Å². The molecule has 0 spiro atoms. The van der Waals surface area contributed by atoms with Crippen LogP contribution in [0.5, 0.6) is 0 Å². The first-order valence-electron chi connectivity index (χ1n) is 8.59. The molecule has 3 heteroatoms. The van der Waals surface area contributed by atoms with Gasteiger partial charge in [-0.2, -0.15) is 0 Å². The summed E-state index contributed by atoms with van der Waals surface area (Å²) in [5.74, 6) is 1.72. The fraction of sp³-hybridized carbons (Fsp3) is 0.350. The third-order valence-corrected chi connectivity index (χ3v) is 4.87. The maximum atomic E-state index is 4.57. The van der Waals surface area contributed by atoms with Crippen molar-refractivity contribution in [2.75, 3.05) is 26.2 Å². The maximum absolute atomic E-state index is 4.57. The molecule has 1 unspecified atom stereocenters. The number of piperidine rings is 1. The Balaban J connectivity index is 1.49. The van der Waals surface area contributed by atoms with E-state index in [1.54, 1.807) is 0 Å². The van der Waals surface area contributed by atoms with Gasteiger partial charge in [0.25, 0.3) is 0 Å². The van der Waals surface area contributed by atoms with Crippen molar-refractivity contribution in [3.05, 3.63) is 60.2 Å². The topological polar surface area (TPSA) is 27.6 Å². The van der Waals surface area contributed by atoms with Crippen molar-refractivity contribution in [2.24, 2.45) is 4.99 Å². The average molecular weight is 305 g/mol. The molecule has 0 amide bonds. The van der Waals surface area contributed by atoms with Crippen LogP contribution in [0.25, 0.3) is 11.1 Å². The Morgan fingerprint density at radius 2 is 1.74 bits per heavy atom. The number of nitrogens with one attached hydrogen (secondary N) is 1. The van der Waals surface area contributed by atoms with E-state index in [1.165, 1.54) is 29.5 Å². The van der Waals surface area contributed by atoms with Crippen molar-refractivity contribution >= 4 is 5.96 Å². The second-order valence-corrected chi connectivity index (χ2v) is 6.41. The fourth-order valence-corrected chi connectivity index (χ4v) is 3.62. The highest BCUT2D eigenvalue weighted by Gasteiger charge is 2.24. The van der Waals surface area contributed by atoms with Crippen LogP contribution in [0.2, 0.25) is 0 Å². The van der Waals surface area contributed by atoms with E-state index in [-0.39, 0.29) is 0 Å². The van der Waals surface area contributed by atoms with E-state index < -0.39 is 0 Å². The molecule has 4 rings (SSSR count). The van der Waals surface area contributed by atoms with Crippen molar-refractivity contribution in [3.8, 4) is 11.1 Å². The van der Waals surface area contributed by atoms with E-state index in [0.29, 0.717) is 5.92 Å². The van der Waals surface area contributed by atoms with Crippen LogP contribution in [0, 0.1) is 0 Å². The summed E-state index contributed by atoms with van der Waals surface area (Å²) in [5, 5.41) is 3.40. The molecule has 0 aromatic heterocycles. The summed E-state index contributed by atoms with van der Waals surface area (Å²) in [6.45, 7) is 4.12. The predicted molar refractivity (Wildman–Crippen MR) is 95.7 cm³/mol. The molecule has 2 heterocycles. The molecule has 2 aliphatic rings. The highest BCUT2D eigenvalue weighted by atomic mass is 15.3. The third kappa shape index (κ3) is 3.09. The summed E-state index contributed by atoms with van der Waals surface area (Å²) in [5.41, 5.74) is 4.03. The second kappa shape index (κ2) is 6.45. The minimum Gasteiger partial charge on any atom is -0.354 e. The molecule has 3 nitrogen and oxygen atoms in total. The zero-order valence-corrected chi connectivity index (χ0v) is 13.4. The molecule has 1 N–H and O–H groups in total. The Morgan fingerprint density at radius 1 is 0.957 bits per heavy atom. The maximum Gasteiger partial charge on any atom is 0.194 e. The molecule has 23 heavy (non-hydrogen) atoms. The van der Waals surface area contributed by atoms with Gasteiger partial charge in [-0.3, -0.25) is 4.99 Å². The summed E-state index contributed by atoms with van der Waals surface area (Å²) in [7, 11) is 0. The van der Waals surface area contributed by atoms with Gasteiger partial charge in [-0.15, -0.1) is 0 Å². The number of aliphatic imine (C=N–C) groups is 1. The highest BCUT2D eigenvalue weighted by Crippen LogP contribution is 2.29. The van der Waals surface area contributed by atoms with Crippen molar-refractivity contribution < 1.29 is 0 Å². The van der Waals surface area contributed by atoms with E-state index in [4.69, 9.17) is 0 Å². The van der Waals surface area contributed by atoms with Gasteiger partial charge in [0.2, 0.25) is 0 Å². The van der Waals surface area contributed by atoms with Gasteiger partial charge in [-0.05, 0) is 29.5 Å². The molecule has 1 atom stereocenters. The Hall–Kier alpha value is -2.29. The number of nitrogens with zero attached hydrogens (tertiary/aromatic N) is 2. The van der Waals surface area contributed by atoms with E-state index in [9.17, 15) is 0 Å². The quantitative estimate of drug-likeness (QED) is 0.919. The number of likely N-dealkylation sites (tertiary alicyclic amines) is 1. The van der Waals surface area contributed by atoms with E-state index in [1.807, 2.05) is 0 Å². The fourth-order valence-electron chi connectivity index (χ4n) is 3.62. The van der Waals surface area contributed by atoms with E-state index in [2.05, 4.69) is 69.8 Å². The zero-order chi connectivity index (χ0) is 15.5. The SMILES string of the molecule is c1ccc(-c2ccc(C3CCCN(C4=NCCN4)C3)cc2)cc1. The van der Waals surface area contributed by atoms with Crippen LogP contribution in [-0.4, -0.2) is 37.0 Å². The molecular weight excluding hydrogens is 282 g/mol. The van der Waals surface area contributed by atoms with Gasteiger partial charge in [0, 0.05) is 25.6 Å². The zero-order valence-electron chi connectivity index (χ0n) is 13.4. The Bertz CT molecular complexity index is 676. The number of guanidine groups is 1. The summed E-state index contributed by atoms with van der Waals surface area (Å²) < 4.78 is 0. The second-order valence-electron chi connectivity index (χ2n) is 6.41. The van der Waals surface area contributed by atoms with Gasteiger partial charge in [0.1, 0.15) is 0 Å². The van der Waals surface area contributed by atoms with Crippen molar-refractivity contribution in [3.63, 3.8) is 0 Å². The molecule has 2 aliphatic heterocycles. The monoisotopic (exact) mass is 305 g/mol. The lowest BCUT2D eigenvalue weighted by atomic mass is 9.89. The van der Waals surface area contributed by atoms with Gasteiger partial charge < -0.3 is 10.2 Å². The summed E-state index contributed by atoms with van der Waals surface area (Å²) >= 11 is 0. The largest absolute Gasteiger partial charge is 0.354 e. The summed E-state index contributed by atoms with van der Waals surface area (Å²) in [4.78, 5) is 7.00. The molecule has 1 fully saturated rings. The first-order chi connectivity index (χ1) is 11.4. The Labute approximate surface area is 138 Å². The standard InChI is InChI=1S/C20H23N3/c1-2-5-16(6-3-1)17-8-10-18(11-9-17)19-7-4-14-23(15-19)20-21-12-13-22-20/h1-3,5-6,8-11,19H,4,7,12-15H2,(H,21,22). The smallest absolute Gasteiger partial charge is 0.194 e. The number of hydrogen-bond acceptors (Lipinski definition) is 3. The van der Waals surface area contributed by atoms with E-state index in [0.717, 1.165) is 32.1 Å². The molecular formula is C20H23N3. The first-order valence-corrected chi connectivity index (χ1v) is 8.59. The Morgan fingerprint density at radius 3 is 2.48 bits per heavy atom. The Kier molecular flexibility index (Phi) is 4.01. The molecule has 0 aliphatic carbocycles. The van der Waals surface area contributed by atoms with Crippen molar-refractivity contribution in [1.29, 1.82) is 0 Å². The molecule has 118 valence electrons. The molecule has 2 aromatic carbocycles. The van der Waals surface area contributed by atoms with Crippen LogP contribution in [0.4, 0.5) is 0 Å². The van der Waals surface area contributed by atoms with Gasteiger partial charge in [0.15, 0.2) is 5.96 Å². The van der Waals surface area contributed by atoms with Gasteiger partial charge >= 0.3 is 0 Å². The number of benzene rings is 2. The van der Waals surface area contributed by atoms with Crippen molar-refractivity contribution in [2.45, 2.75) is 18.8 Å². The van der Waals surface area contributed by atoms with Gasteiger partial charge in [-0.1, -0.05) is 54.6 Å². The lowest BCUT2D eigenvalue weighted by Gasteiger charge is -2.34. The van der Waals surface area contributed by atoms with Crippen LogP contribution in [0.1, 0.15) is 24.3 Å². The minimum atomic E-state index is 0.610. The normalized spacial score (nSPS) is 21.0. The van der Waals surface area contributed by atoms with Crippen LogP contribution < -0.4 is 5.32 Å². The lowest BCUT2D eigenvalue weighted by Crippen LogP contribution is -2.44. The van der Waals surface area contributed by atoms with Crippen LogP contribution in [0.3, 0.4) is 0 Å². The molecule has 0 saturated carbocycles. The average Bonchev–Trinajstić information content (AvgIpc) is 3.18. The number of hydrogen-bond donors (Lipinski definition) is 1. The van der Waals surface area contributed by atoms with Crippen LogP contribution in [-0.2, 0) is 0 Å². The lowest BCUT2D eigenvalue weighted by molar-refractivity contribution is 0.303. The minimum absolute atomic E-state index is 0.610. The van der Waals surface area contributed by atoms with Crippen LogP contribution >= 0.6 is 0 Å². The number of rotatable bonds is 2. The first kappa shape index (κ1) is 14.3. The molecule has 0 bridgehead atoms.